The summed E-state index contributed by atoms with van der Waals surface area (Å²) in [5.74, 6) is 0.156. The predicted octanol–water partition coefficient (Wildman–Crippen LogP) is -0.988. The summed E-state index contributed by atoms with van der Waals surface area (Å²) in [7, 11) is 5.11. The van der Waals surface area contributed by atoms with Crippen LogP contribution in [0.4, 0.5) is 5.95 Å². The van der Waals surface area contributed by atoms with Crippen molar-refractivity contribution >= 4 is 23.5 Å². The molecule has 0 fully saturated rings. The Labute approximate surface area is 126 Å². The molecule has 2 heterocycles. The Hall–Kier alpha value is -2.55. The fourth-order valence-corrected chi connectivity index (χ4v) is 1.95. The molecule has 0 unspecified atom stereocenters. The molecule has 2 aromatic heterocycles. The highest BCUT2D eigenvalue weighted by Crippen LogP contribution is 2.10. The standard InChI is InChI=1S/C13H18N6O3/c1-8-11(21)19(5-6-20)10-9(15-8)12(22)18(4)13(16-10)14-7-17(2)3/h7,20H,5-6H2,1-4H3/b14-7+. The zero-order valence-electron chi connectivity index (χ0n) is 12.9. The van der Waals surface area contributed by atoms with E-state index in [2.05, 4.69) is 15.0 Å². The quantitative estimate of drug-likeness (QED) is 0.574. The van der Waals surface area contributed by atoms with Gasteiger partial charge >= 0.3 is 0 Å². The van der Waals surface area contributed by atoms with Gasteiger partial charge in [-0.3, -0.25) is 18.7 Å². The smallest absolute Gasteiger partial charge is 0.282 e. The van der Waals surface area contributed by atoms with Crippen LogP contribution in [0.25, 0.3) is 11.2 Å². The molecule has 0 saturated carbocycles. The fraction of sp³-hybridized carbons (Fsp3) is 0.462. The van der Waals surface area contributed by atoms with Gasteiger partial charge in [-0.2, -0.15) is 4.98 Å². The summed E-state index contributed by atoms with van der Waals surface area (Å²) in [5.41, 5.74) is -0.393. The van der Waals surface area contributed by atoms with Gasteiger partial charge in [0.1, 0.15) is 5.69 Å². The summed E-state index contributed by atoms with van der Waals surface area (Å²) < 4.78 is 2.51. The SMILES string of the molecule is Cc1nc2c(=O)n(C)c(/N=C/N(C)C)nc2n(CCO)c1=O. The van der Waals surface area contributed by atoms with Crippen LogP contribution in [0.15, 0.2) is 14.6 Å². The summed E-state index contributed by atoms with van der Waals surface area (Å²) in [5, 5.41) is 9.14. The van der Waals surface area contributed by atoms with E-state index in [1.807, 2.05) is 0 Å². The van der Waals surface area contributed by atoms with Gasteiger partial charge in [-0.1, -0.05) is 0 Å². The first-order chi connectivity index (χ1) is 10.4. The molecular formula is C13H18N6O3. The van der Waals surface area contributed by atoms with Gasteiger partial charge in [0.2, 0.25) is 5.95 Å². The molecule has 0 bridgehead atoms. The molecule has 9 heteroatoms. The second-order valence-electron chi connectivity index (χ2n) is 5.03. The fourth-order valence-electron chi connectivity index (χ4n) is 1.95. The zero-order valence-corrected chi connectivity index (χ0v) is 12.9. The maximum atomic E-state index is 12.4. The van der Waals surface area contributed by atoms with Crippen LogP contribution in [-0.2, 0) is 13.6 Å². The minimum Gasteiger partial charge on any atom is -0.395 e. The third-order valence-corrected chi connectivity index (χ3v) is 3.04. The summed E-state index contributed by atoms with van der Waals surface area (Å²) in [4.78, 5) is 38.7. The second kappa shape index (κ2) is 6.06. The number of rotatable bonds is 4. The van der Waals surface area contributed by atoms with Crippen LogP contribution in [-0.4, -0.2) is 56.1 Å². The highest BCUT2D eigenvalue weighted by molar-refractivity contribution is 5.71. The Morgan fingerprint density at radius 2 is 1.95 bits per heavy atom. The van der Waals surface area contributed by atoms with E-state index in [0.717, 1.165) is 0 Å². The molecule has 0 aliphatic rings. The first kappa shape index (κ1) is 15.8. The van der Waals surface area contributed by atoms with E-state index >= 15 is 0 Å². The van der Waals surface area contributed by atoms with Gasteiger partial charge in [-0.25, -0.2) is 9.98 Å². The van der Waals surface area contributed by atoms with Crippen molar-refractivity contribution in [1.29, 1.82) is 0 Å². The molecule has 0 aromatic carbocycles. The minimum atomic E-state index is -0.398. The minimum absolute atomic E-state index is 0.0374. The van der Waals surface area contributed by atoms with E-state index in [0.29, 0.717) is 0 Å². The maximum Gasteiger partial charge on any atom is 0.282 e. The molecule has 9 nitrogen and oxygen atoms in total. The Morgan fingerprint density at radius 3 is 2.55 bits per heavy atom. The van der Waals surface area contributed by atoms with Gasteiger partial charge in [0.05, 0.1) is 19.5 Å². The molecule has 118 valence electrons. The van der Waals surface area contributed by atoms with Gasteiger partial charge in [-0.05, 0) is 6.92 Å². The number of aryl methyl sites for hydroxylation is 1. The Morgan fingerprint density at radius 1 is 1.27 bits per heavy atom. The van der Waals surface area contributed by atoms with Crippen LogP contribution >= 0.6 is 0 Å². The summed E-state index contributed by atoms with van der Waals surface area (Å²) in [6.45, 7) is 1.31. The van der Waals surface area contributed by atoms with Crippen molar-refractivity contribution in [2.75, 3.05) is 20.7 Å². The Kier molecular flexibility index (Phi) is 4.36. The van der Waals surface area contributed by atoms with Crippen LogP contribution < -0.4 is 11.1 Å². The topological polar surface area (TPSA) is 106 Å². The maximum absolute atomic E-state index is 12.4. The highest BCUT2D eigenvalue weighted by Gasteiger charge is 2.15. The van der Waals surface area contributed by atoms with E-state index in [4.69, 9.17) is 5.11 Å². The van der Waals surface area contributed by atoms with E-state index < -0.39 is 5.56 Å². The number of aromatic nitrogens is 4. The molecule has 0 aliphatic heterocycles. The number of fused-ring (bicyclic) bond motifs is 1. The number of aliphatic hydroxyl groups is 1. The molecule has 0 radical (unpaired) electrons. The van der Waals surface area contributed by atoms with Gasteiger partial charge in [0.15, 0.2) is 11.2 Å². The average Bonchev–Trinajstić information content (AvgIpc) is 2.47. The van der Waals surface area contributed by atoms with Crippen LogP contribution in [0, 0.1) is 6.92 Å². The van der Waals surface area contributed by atoms with Crippen LogP contribution in [0.5, 0.6) is 0 Å². The zero-order chi connectivity index (χ0) is 16.4. The third-order valence-electron chi connectivity index (χ3n) is 3.04. The van der Waals surface area contributed by atoms with Gasteiger partial charge in [0.25, 0.3) is 11.1 Å². The monoisotopic (exact) mass is 306 g/mol. The molecule has 0 spiro atoms. The lowest BCUT2D eigenvalue weighted by molar-refractivity contribution is 0.275. The van der Waals surface area contributed by atoms with Crippen molar-refractivity contribution in [2.45, 2.75) is 13.5 Å². The molecule has 2 rings (SSSR count). The van der Waals surface area contributed by atoms with Crippen molar-refractivity contribution < 1.29 is 5.11 Å². The summed E-state index contributed by atoms with van der Waals surface area (Å²) >= 11 is 0. The number of hydrogen-bond donors (Lipinski definition) is 1. The number of hydrogen-bond acceptors (Lipinski definition) is 6. The van der Waals surface area contributed by atoms with Gasteiger partial charge in [0, 0.05) is 21.1 Å². The second-order valence-corrected chi connectivity index (χ2v) is 5.03. The van der Waals surface area contributed by atoms with Crippen molar-refractivity contribution in [2.24, 2.45) is 12.0 Å². The molecule has 0 atom stereocenters. The largest absolute Gasteiger partial charge is 0.395 e. The van der Waals surface area contributed by atoms with Crippen molar-refractivity contribution in [1.82, 2.24) is 24.0 Å². The van der Waals surface area contributed by atoms with E-state index in [1.54, 1.807) is 19.0 Å². The van der Waals surface area contributed by atoms with E-state index in [9.17, 15) is 9.59 Å². The average molecular weight is 306 g/mol. The van der Waals surface area contributed by atoms with Crippen LogP contribution in [0.2, 0.25) is 0 Å². The van der Waals surface area contributed by atoms with E-state index in [1.165, 1.54) is 29.4 Å². The molecule has 1 N–H and O–H groups in total. The van der Waals surface area contributed by atoms with Crippen LogP contribution in [0.1, 0.15) is 5.69 Å². The first-order valence-electron chi connectivity index (χ1n) is 6.66. The highest BCUT2D eigenvalue weighted by atomic mass is 16.3. The van der Waals surface area contributed by atoms with Gasteiger partial charge in [-0.15, -0.1) is 0 Å². The predicted molar refractivity (Wildman–Crippen MR) is 82.7 cm³/mol. The molecule has 22 heavy (non-hydrogen) atoms. The summed E-state index contributed by atoms with van der Waals surface area (Å²) in [6, 6.07) is 0. The number of nitrogens with zero attached hydrogens (tertiary/aromatic N) is 6. The molecular weight excluding hydrogens is 288 g/mol. The molecule has 0 amide bonds. The van der Waals surface area contributed by atoms with Gasteiger partial charge < -0.3 is 10.0 Å². The lowest BCUT2D eigenvalue weighted by atomic mass is 10.4. The van der Waals surface area contributed by atoms with Crippen molar-refractivity contribution in [3.05, 3.63) is 26.4 Å². The van der Waals surface area contributed by atoms with Crippen molar-refractivity contribution in [3.63, 3.8) is 0 Å². The number of aliphatic imine (C=N–C) groups is 1. The van der Waals surface area contributed by atoms with Crippen LogP contribution in [0.3, 0.4) is 0 Å². The number of aliphatic hydroxyl groups excluding tert-OH is 1. The lowest BCUT2D eigenvalue weighted by Gasteiger charge is -2.11. The normalized spacial score (nSPS) is 11.5. The third kappa shape index (κ3) is 2.75. The van der Waals surface area contributed by atoms with Crippen molar-refractivity contribution in [3.8, 4) is 0 Å². The first-order valence-corrected chi connectivity index (χ1v) is 6.66. The Balaban J connectivity index is 2.86. The Bertz CT molecular complexity index is 849. The van der Waals surface area contributed by atoms with E-state index in [-0.39, 0.29) is 41.5 Å². The lowest BCUT2D eigenvalue weighted by Crippen LogP contribution is -2.30. The molecule has 0 aliphatic carbocycles. The molecule has 0 saturated heterocycles. The summed E-state index contributed by atoms with van der Waals surface area (Å²) in [6.07, 6.45) is 1.50. The molecule has 2 aromatic rings.